The van der Waals surface area contributed by atoms with Crippen LogP contribution < -0.4 is 10.9 Å². The van der Waals surface area contributed by atoms with E-state index in [1.807, 2.05) is 13.8 Å². The van der Waals surface area contributed by atoms with Crippen LogP contribution in [0, 0.1) is 13.8 Å². The lowest BCUT2D eigenvalue weighted by Gasteiger charge is -2.10. The molecular formula is C21H21N3O4S2. The Balaban J connectivity index is 1.77. The van der Waals surface area contributed by atoms with Gasteiger partial charge >= 0.3 is 5.97 Å². The third-order valence-corrected chi connectivity index (χ3v) is 6.57. The first-order chi connectivity index (χ1) is 14.3. The summed E-state index contributed by atoms with van der Waals surface area (Å²) in [6.07, 6.45) is 1.64. The maximum absolute atomic E-state index is 13.0. The molecule has 0 aliphatic heterocycles. The van der Waals surface area contributed by atoms with Gasteiger partial charge in [-0.3, -0.25) is 14.2 Å². The lowest BCUT2D eigenvalue weighted by molar-refractivity contribution is -0.113. The van der Waals surface area contributed by atoms with E-state index in [1.165, 1.54) is 34.8 Å². The molecule has 2 heterocycles. The smallest absolute Gasteiger partial charge is 0.337 e. The standard InChI is InChI=1S/C21H21N3O4S2/c1-5-10-24-19(26)17-12(2)13(3)30-18(17)23-21(24)29-11-16(25)22-15-8-6-14(7-9-15)20(27)28-4/h5-9H,1,10-11H2,2-4H3,(H,22,25). The van der Waals surface area contributed by atoms with Gasteiger partial charge in [-0.25, -0.2) is 9.78 Å². The van der Waals surface area contributed by atoms with Crippen LogP contribution in [0.4, 0.5) is 5.69 Å². The first kappa shape index (κ1) is 21.8. The predicted molar refractivity (Wildman–Crippen MR) is 121 cm³/mol. The summed E-state index contributed by atoms with van der Waals surface area (Å²) in [5, 5.41) is 3.87. The van der Waals surface area contributed by atoms with Crippen molar-refractivity contribution in [3.8, 4) is 0 Å². The third-order valence-electron chi connectivity index (χ3n) is 4.49. The molecule has 1 aromatic carbocycles. The highest BCUT2D eigenvalue weighted by molar-refractivity contribution is 7.99. The molecule has 0 fully saturated rings. The molecule has 3 rings (SSSR count). The first-order valence-corrected chi connectivity index (χ1v) is 10.9. The molecule has 0 spiro atoms. The highest BCUT2D eigenvalue weighted by Crippen LogP contribution is 2.28. The Bertz CT molecular complexity index is 1180. The number of rotatable bonds is 7. The SMILES string of the molecule is C=CCn1c(SCC(=O)Nc2ccc(C(=O)OC)cc2)nc2sc(C)c(C)c2c1=O. The molecule has 9 heteroatoms. The van der Waals surface area contributed by atoms with Crippen molar-refractivity contribution in [3.05, 3.63) is 63.3 Å². The van der Waals surface area contributed by atoms with E-state index in [9.17, 15) is 14.4 Å². The number of esters is 1. The van der Waals surface area contributed by atoms with Crippen molar-refractivity contribution < 1.29 is 14.3 Å². The van der Waals surface area contributed by atoms with Crippen LogP contribution in [0.25, 0.3) is 10.2 Å². The highest BCUT2D eigenvalue weighted by atomic mass is 32.2. The molecule has 0 aliphatic rings. The Labute approximate surface area is 181 Å². The molecule has 0 saturated heterocycles. The van der Waals surface area contributed by atoms with Gasteiger partial charge in [-0.2, -0.15) is 0 Å². The second kappa shape index (κ2) is 9.27. The molecule has 0 atom stereocenters. The lowest BCUT2D eigenvalue weighted by Crippen LogP contribution is -2.23. The van der Waals surface area contributed by atoms with Gasteiger partial charge in [-0.05, 0) is 43.7 Å². The number of nitrogens with one attached hydrogen (secondary N) is 1. The lowest BCUT2D eigenvalue weighted by atomic mass is 10.2. The van der Waals surface area contributed by atoms with E-state index in [4.69, 9.17) is 0 Å². The zero-order valence-corrected chi connectivity index (χ0v) is 18.5. The number of hydrogen-bond donors (Lipinski definition) is 1. The number of ether oxygens (including phenoxy) is 1. The number of thioether (sulfide) groups is 1. The number of methoxy groups -OCH3 is 1. The average Bonchev–Trinajstić information content (AvgIpc) is 3.02. The quantitative estimate of drug-likeness (QED) is 0.259. The zero-order valence-electron chi connectivity index (χ0n) is 16.9. The summed E-state index contributed by atoms with van der Waals surface area (Å²) >= 11 is 2.67. The molecule has 2 aromatic heterocycles. The largest absolute Gasteiger partial charge is 0.465 e. The summed E-state index contributed by atoms with van der Waals surface area (Å²) in [6.45, 7) is 7.91. The van der Waals surface area contributed by atoms with Gasteiger partial charge in [0.05, 0.1) is 23.8 Å². The fourth-order valence-electron chi connectivity index (χ4n) is 2.84. The van der Waals surface area contributed by atoms with E-state index in [-0.39, 0.29) is 17.2 Å². The molecule has 0 aliphatic carbocycles. The van der Waals surface area contributed by atoms with Crippen molar-refractivity contribution in [2.24, 2.45) is 0 Å². The van der Waals surface area contributed by atoms with Gasteiger partial charge in [-0.15, -0.1) is 17.9 Å². The zero-order chi connectivity index (χ0) is 21.8. The van der Waals surface area contributed by atoms with E-state index in [1.54, 1.807) is 30.3 Å². The van der Waals surface area contributed by atoms with Crippen LogP contribution in [-0.2, 0) is 16.1 Å². The monoisotopic (exact) mass is 443 g/mol. The number of hydrogen-bond acceptors (Lipinski definition) is 7. The van der Waals surface area contributed by atoms with Gasteiger partial charge in [0.25, 0.3) is 5.56 Å². The third kappa shape index (κ3) is 4.47. The second-order valence-corrected chi connectivity index (χ2v) is 8.61. The van der Waals surface area contributed by atoms with Crippen LogP contribution in [0.5, 0.6) is 0 Å². The Morgan fingerprint density at radius 1 is 1.30 bits per heavy atom. The van der Waals surface area contributed by atoms with Gasteiger partial charge in [0, 0.05) is 17.1 Å². The average molecular weight is 444 g/mol. The minimum atomic E-state index is -0.441. The van der Waals surface area contributed by atoms with Crippen molar-refractivity contribution in [1.82, 2.24) is 9.55 Å². The summed E-state index contributed by atoms with van der Waals surface area (Å²) in [5.41, 5.74) is 1.78. The molecule has 1 N–H and O–H groups in total. The van der Waals surface area contributed by atoms with Crippen molar-refractivity contribution in [2.75, 3.05) is 18.2 Å². The van der Waals surface area contributed by atoms with Crippen LogP contribution in [0.3, 0.4) is 0 Å². The fourth-order valence-corrected chi connectivity index (χ4v) is 4.72. The topological polar surface area (TPSA) is 90.3 Å². The van der Waals surface area contributed by atoms with E-state index in [0.29, 0.717) is 33.2 Å². The van der Waals surface area contributed by atoms with Crippen LogP contribution in [-0.4, -0.2) is 34.3 Å². The van der Waals surface area contributed by atoms with Crippen LogP contribution in [0.15, 0.2) is 46.9 Å². The number of anilines is 1. The number of aryl methyl sites for hydroxylation is 2. The molecule has 0 saturated carbocycles. The van der Waals surface area contributed by atoms with Gasteiger partial charge in [0.15, 0.2) is 5.16 Å². The van der Waals surface area contributed by atoms with Crippen LogP contribution in [0.1, 0.15) is 20.8 Å². The first-order valence-electron chi connectivity index (χ1n) is 9.08. The summed E-state index contributed by atoms with van der Waals surface area (Å²) < 4.78 is 6.19. The molecule has 30 heavy (non-hydrogen) atoms. The Morgan fingerprint density at radius 3 is 2.63 bits per heavy atom. The van der Waals surface area contributed by atoms with Crippen LogP contribution in [0.2, 0.25) is 0 Å². The van der Waals surface area contributed by atoms with Crippen molar-refractivity contribution >= 4 is 50.9 Å². The van der Waals surface area contributed by atoms with E-state index in [2.05, 4.69) is 21.6 Å². The van der Waals surface area contributed by atoms with Gasteiger partial charge < -0.3 is 10.1 Å². The number of fused-ring (bicyclic) bond motifs is 1. The van der Waals surface area contributed by atoms with Gasteiger partial charge in [0.1, 0.15) is 4.83 Å². The molecule has 3 aromatic rings. The van der Waals surface area contributed by atoms with Crippen molar-refractivity contribution in [3.63, 3.8) is 0 Å². The maximum atomic E-state index is 13.0. The highest BCUT2D eigenvalue weighted by Gasteiger charge is 2.17. The number of allylic oxidation sites excluding steroid dienone is 1. The number of aromatic nitrogens is 2. The summed E-state index contributed by atoms with van der Waals surface area (Å²) in [4.78, 5) is 43.2. The minimum Gasteiger partial charge on any atom is -0.465 e. The molecule has 7 nitrogen and oxygen atoms in total. The maximum Gasteiger partial charge on any atom is 0.337 e. The predicted octanol–water partition coefficient (Wildman–Crippen LogP) is 3.78. The number of carbonyl (C=O) groups is 2. The summed E-state index contributed by atoms with van der Waals surface area (Å²) in [7, 11) is 1.31. The normalized spacial score (nSPS) is 10.8. The fraction of sp³-hybridized carbons (Fsp3) is 0.238. The summed E-state index contributed by atoms with van der Waals surface area (Å²) in [6, 6.07) is 6.41. The number of thiophene rings is 1. The van der Waals surface area contributed by atoms with Crippen molar-refractivity contribution in [2.45, 2.75) is 25.5 Å². The molecular weight excluding hydrogens is 422 g/mol. The van der Waals surface area contributed by atoms with E-state index in [0.717, 1.165) is 10.4 Å². The van der Waals surface area contributed by atoms with E-state index >= 15 is 0 Å². The molecule has 1 amide bonds. The van der Waals surface area contributed by atoms with Crippen LogP contribution >= 0.6 is 23.1 Å². The van der Waals surface area contributed by atoms with Gasteiger partial charge in [-0.1, -0.05) is 17.8 Å². The number of amides is 1. The molecule has 0 unspecified atom stereocenters. The number of carbonyl (C=O) groups excluding carboxylic acids is 2. The molecule has 0 bridgehead atoms. The Hall–Kier alpha value is -2.91. The summed E-state index contributed by atoms with van der Waals surface area (Å²) in [5.74, 6) is -0.607. The van der Waals surface area contributed by atoms with Crippen molar-refractivity contribution in [1.29, 1.82) is 0 Å². The molecule has 156 valence electrons. The second-order valence-electron chi connectivity index (χ2n) is 6.47. The minimum absolute atomic E-state index is 0.0805. The Kier molecular flexibility index (Phi) is 6.73. The number of benzene rings is 1. The number of nitrogens with zero attached hydrogens (tertiary/aromatic N) is 2. The van der Waals surface area contributed by atoms with Gasteiger partial charge in [0.2, 0.25) is 5.91 Å². The molecule has 0 radical (unpaired) electrons. The van der Waals surface area contributed by atoms with E-state index < -0.39 is 5.97 Å². The Morgan fingerprint density at radius 2 is 2.00 bits per heavy atom.